The number of Topliss-reactive ketones (excluding diaryl/α,β-unsaturated/α-hetero) is 1. The van der Waals surface area contributed by atoms with Gasteiger partial charge in [0.15, 0.2) is 12.4 Å². The normalized spacial score (nSPS) is 13.1. The van der Waals surface area contributed by atoms with Crippen molar-refractivity contribution in [1.29, 1.82) is 0 Å². The maximum absolute atomic E-state index is 13.9. The van der Waals surface area contributed by atoms with Gasteiger partial charge in [-0.05, 0) is 55.9 Å². The van der Waals surface area contributed by atoms with Gasteiger partial charge in [0, 0.05) is 19.3 Å². The highest BCUT2D eigenvalue weighted by atomic mass is 16.7. The Kier molecular flexibility index (Phi) is 23.2. The Morgan fingerprint density at radius 2 is 1.54 bits per heavy atom. The molecule has 306 valence electrons. The molecule has 12 heteroatoms. The second-order valence-corrected chi connectivity index (χ2v) is 13.6. The number of allylic oxidation sites excluding steroid dienone is 1. The summed E-state index contributed by atoms with van der Waals surface area (Å²) in [5.41, 5.74) is -1.50. The molecule has 2 rings (SSSR count). The van der Waals surface area contributed by atoms with E-state index in [0.29, 0.717) is 37.0 Å². The summed E-state index contributed by atoms with van der Waals surface area (Å²) in [6.07, 6.45) is 11.9. The van der Waals surface area contributed by atoms with Crippen LogP contribution in [-0.4, -0.2) is 72.0 Å². The summed E-state index contributed by atoms with van der Waals surface area (Å²) in [6, 6.07) is 14.6. The molecule has 2 aromatic carbocycles. The first-order chi connectivity index (χ1) is 27.0. The van der Waals surface area contributed by atoms with E-state index >= 15 is 0 Å². The Morgan fingerprint density at radius 3 is 2.16 bits per heavy atom. The van der Waals surface area contributed by atoms with Crippen molar-refractivity contribution in [3.05, 3.63) is 77.9 Å². The molecular formula is C44H59NO11. The second kappa shape index (κ2) is 27.6. The molecule has 0 radical (unpaired) electrons. The van der Waals surface area contributed by atoms with Crippen molar-refractivity contribution in [3.63, 3.8) is 0 Å². The number of methoxy groups -OCH3 is 1. The summed E-state index contributed by atoms with van der Waals surface area (Å²) in [5.74, 6) is -0.213. The number of carboxylic acid groups (broad SMARTS) is 1. The van der Waals surface area contributed by atoms with Gasteiger partial charge < -0.3 is 34.5 Å². The average Bonchev–Trinajstić information content (AvgIpc) is 3.19. The molecular weight excluding hydrogens is 718 g/mol. The lowest BCUT2D eigenvalue weighted by Crippen LogP contribution is -2.55. The molecule has 0 spiro atoms. The number of benzene rings is 2. The molecule has 3 atom stereocenters. The predicted molar refractivity (Wildman–Crippen MR) is 211 cm³/mol. The van der Waals surface area contributed by atoms with Crippen LogP contribution in [0.25, 0.3) is 0 Å². The Labute approximate surface area is 331 Å². The number of ether oxygens (including phenoxy) is 4. The molecule has 0 saturated heterocycles. The molecule has 0 aliphatic heterocycles. The van der Waals surface area contributed by atoms with Crippen LogP contribution in [0.1, 0.15) is 108 Å². The van der Waals surface area contributed by atoms with E-state index in [1.807, 2.05) is 30.3 Å². The molecule has 0 saturated carbocycles. The highest BCUT2D eigenvalue weighted by molar-refractivity contribution is 5.95. The van der Waals surface area contributed by atoms with Crippen molar-refractivity contribution in [2.75, 3.05) is 20.5 Å². The molecule has 0 fully saturated rings. The number of hydrogen-bond acceptors (Lipinski definition) is 10. The Bertz CT molecular complexity index is 1580. The van der Waals surface area contributed by atoms with Crippen LogP contribution in [0.3, 0.4) is 0 Å². The van der Waals surface area contributed by atoms with Gasteiger partial charge in [-0.3, -0.25) is 14.4 Å². The van der Waals surface area contributed by atoms with E-state index in [4.69, 9.17) is 18.9 Å². The molecule has 0 unspecified atom stereocenters. The fraction of sp³-hybridized carbons (Fsp3) is 0.523. The van der Waals surface area contributed by atoms with Gasteiger partial charge >= 0.3 is 17.9 Å². The third-order valence-electron chi connectivity index (χ3n) is 9.11. The minimum atomic E-state index is -2.95. The third kappa shape index (κ3) is 18.6. The molecule has 0 aliphatic carbocycles. The number of carboxylic acids is 1. The number of esters is 2. The SMILES string of the molecule is CC#CCOc1ccc(C[C@H](NC(=O)[C@@H](/C=C/CCCCCCC(=O)CCCCCCC)[C@@](O)(CC(=O)OCOCc2ccccc2)C(=O)O)C(=O)OC)cc1. The number of unbranched alkanes of at least 4 members (excludes halogenated alkanes) is 8. The van der Waals surface area contributed by atoms with E-state index in [1.165, 1.54) is 12.5 Å². The predicted octanol–water partition coefficient (Wildman–Crippen LogP) is 6.65. The Balaban J connectivity index is 2.13. The first-order valence-electron chi connectivity index (χ1n) is 19.4. The van der Waals surface area contributed by atoms with Crippen LogP contribution >= 0.6 is 0 Å². The van der Waals surface area contributed by atoms with Crippen LogP contribution in [0.4, 0.5) is 0 Å². The zero-order valence-corrected chi connectivity index (χ0v) is 33.1. The number of ketones is 1. The number of hydrogen-bond donors (Lipinski definition) is 3. The quantitative estimate of drug-likeness (QED) is 0.0265. The smallest absolute Gasteiger partial charge is 0.337 e. The summed E-state index contributed by atoms with van der Waals surface area (Å²) in [6.45, 7) is 3.67. The molecule has 0 bridgehead atoms. The standard InChI is InChI=1S/C44H59NO11/c1-4-6-8-11-17-22-36(46)23-18-12-9-10-13-19-24-38(44(52,43(50)51)31-40(47)56-33-54-32-35-20-15-14-16-21-35)41(48)45-39(42(49)53-3)30-34-25-27-37(28-26-34)55-29-7-5-2/h14-16,19-21,24-28,38-39,52H,4,6,8-13,17-18,22-23,29-33H2,1-3H3,(H,45,48)(H,50,51)/b24-19+/t38-,39+,44+/m1/s1. The number of carbonyl (C=O) groups is 5. The van der Waals surface area contributed by atoms with Crippen molar-refractivity contribution in [2.45, 2.75) is 122 Å². The van der Waals surface area contributed by atoms with Crippen molar-refractivity contribution < 1.29 is 53.1 Å². The second-order valence-electron chi connectivity index (χ2n) is 13.6. The van der Waals surface area contributed by atoms with E-state index in [-0.39, 0.29) is 25.4 Å². The molecule has 1 amide bonds. The lowest BCUT2D eigenvalue weighted by molar-refractivity contribution is -0.178. The summed E-state index contributed by atoms with van der Waals surface area (Å²) < 4.78 is 20.9. The Morgan fingerprint density at radius 1 is 0.875 bits per heavy atom. The van der Waals surface area contributed by atoms with Gasteiger partial charge in [0.25, 0.3) is 0 Å². The average molecular weight is 778 g/mol. The number of nitrogens with one attached hydrogen (secondary N) is 1. The van der Waals surface area contributed by atoms with Crippen molar-refractivity contribution in [2.24, 2.45) is 5.92 Å². The van der Waals surface area contributed by atoms with Crippen LogP contribution in [-0.2, 0) is 51.2 Å². The van der Waals surface area contributed by atoms with E-state index in [2.05, 4.69) is 24.1 Å². The molecule has 0 heterocycles. The monoisotopic (exact) mass is 777 g/mol. The minimum absolute atomic E-state index is 0.0302. The van der Waals surface area contributed by atoms with E-state index in [1.54, 1.807) is 37.3 Å². The van der Waals surface area contributed by atoms with E-state index in [0.717, 1.165) is 57.6 Å². The van der Waals surface area contributed by atoms with Crippen molar-refractivity contribution in [1.82, 2.24) is 5.32 Å². The van der Waals surface area contributed by atoms with Gasteiger partial charge in [-0.15, -0.1) is 5.92 Å². The van der Waals surface area contributed by atoms with Crippen LogP contribution in [0, 0.1) is 17.8 Å². The van der Waals surface area contributed by atoms with Crippen LogP contribution in [0.5, 0.6) is 5.75 Å². The van der Waals surface area contributed by atoms with Crippen LogP contribution in [0.2, 0.25) is 0 Å². The zero-order valence-electron chi connectivity index (χ0n) is 33.1. The molecule has 0 aromatic heterocycles. The van der Waals surface area contributed by atoms with E-state index in [9.17, 15) is 34.2 Å². The fourth-order valence-corrected chi connectivity index (χ4v) is 5.86. The van der Waals surface area contributed by atoms with Gasteiger partial charge in [0.05, 0.1) is 26.1 Å². The number of amides is 1. The Hall–Kier alpha value is -4.99. The van der Waals surface area contributed by atoms with Gasteiger partial charge in [-0.25, -0.2) is 9.59 Å². The topological polar surface area (TPSA) is 175 Å². The van der Waals surface area contributed by atoms with Crippen LogP contribution in [0.15, 0.2) is 66.7 Å². The lowest BCUT2D eigenvalue weighted by atomic mass is 9.82. The molecule has 56 heavy (non-hydrogen) atoms. The van der Waals surface area contributed by atoms with Crippen molar-refractivity contribution >= 4 is 29.6 Å². The number of aliphatic carboxylic acids is 1. The molecule has 12 nitrogen and oxygen atoms in total. The lowest BCUT2D eigenvalue weighted by Gasteiger charge is -2.30. The highest BCUT2D eigenvalue weighted by Crippen LogP contribution is 2.27. The largest absolute Gasteiger partial charge is 0.481 e. The molecule has 0 aliphatic rings. The third-order valence-corrected chi connectivity index (χ3v) is 9.11. The first kappa shape index (κ1) is 47.2. The maximum atomic E-state index is 13.9. The molecule has 3 N–H and O–H groups in total. The van der Waals surface area contributed by atoms with E-state index < -0.39 is 54.6 Å². The van der Waals surface area contributed by atoms with Gasteiger partial charge in [0.2, 0.25) is 5.91 Å². The summed E-state index contributed by atoms with van der Waals surface area (Å²) in [4.78, 5) is 64.4. The minimum Gasteiger partial charge on any atom is -0.481 e. The summed E-state index contributed by atoms with van der Waals surface area (Å²) in [7, 11) is 1.15. The number of carbonyl (C=O) groups excluding carboxylic acids is 4. The summed E-state index contributed by atoms with van der Waals surface area (Å²) in [5, 5.41) is 24.3. The zero-order chi connectivity index (χ0) is 41.0. The van der Waals surface area contributed by atoms with Crippen LogP contribution < -0.4 is 10.1 Å². The van der Waals surface area contributed by atoms with Gasteiger partial charge in [0.1, 0.15) is 24.2 Å². The summed E-state index contributed by atoms with van der Waals surface area (Å²) >= 11 is 0. The number of rotatable bonds is 29. The van der Waals surface area contributed by atoms with Gasteiger partial charge in [-0.1, -0.05) is 106 Å². The van der Waals surface area contributed by atoms with Crippen molar-refractivity contribution in [3.8, 4) is 17.6 Å². The maximum Gasteiger partial charge on any atom is 0.337 e. The molecule has 2 aromatic rings. The fourth-order valence-electron chi connectivity index (χ4n) is 5.86. The highest BCUT2D eigenvalue weighted by Gasteiger charge is 2.49. The van der Waals surface area contributed by atoms with Gasteiger partial charge in [-0.2, -0.15) is 0 Å². The first-order valence-corrected chi connectivity index (χ1v) is 19.4. The number of aliphatic hydroxyl groups is 1.